The highest BCUT2D eigenvalue weighted by Crippen LogP contribution is 2.30. The van der Waals surface area contributed by atoms with Crippen LogP contribution in [0.2, 0.25) is 0 Å². The van der Waals surface area contributed by atoms with Gasteiger partial charge in [-0.05, 0) is 42.7 Å². The lowest BCUT2D eigenvalue weighted by Gasteiger charge is -2.39. The number of urea groups is 1. The number of carbonyl (C=O) groups is 1. The van der Waals surface area contributed by atoms with Gasteiger partial charge in [0.1, 0.15) is 5.82 Å². The topological polar surface area (TPSA) is 35.6 Å². The maximum atomic E-state index is 14.0. The van der Waals surface area contributed by atoms with Gasteiger partial charge in [0, 0.05) is 26.2 Å². The van der Waals surface area contributed by atoms with Gasteiger partial charge in [-0.2, -0.15) is 0 Å². The number of halogens is 1. The molecule has 1 heterocycles. The molecular weight excluding hydrogens is 389 g/mol. The number of aryl methyl sites for hydroxylation is 2. The summed E-state index contributed by atoms with van der Waals surface area (Å²) in [6.45, 7) is 6.65. The van der Waals surface area contributed by atoms with Crippen LogP contribution in [-0.2, 0) is 0 Å². The van der Waals surface area contributed by atoms with Gasteiger partial charge >= 0.3 is 6.03 Å². The van der Waals surface area contributed by atoms with Crippen molar-refractivity contribution < 1.29 is 9.18 Å². The van der Waals surface area contributed by atoms with Gasteiger partial charge in [-0.15, -0.1) is 0 Å². The van der Waals surface area contributed by atoms with Crippen molar-refractivity contribution in [2.75, 3.05) is 31.5 Å². The Morgan fingerprint density at radius 2 is 1.45 bits per heavy atom. The first-order valence-corrected chi connectivity index (χ1v) is 10.7. The van der Waals surface area contributed by atoms with Crippen LogP contribution in [0.4, 0.5) is 14.9 Å². The number of nitrogens with zero attached hydrogens (tertiary/aromatic N) is 2. The number of nitrogens with one attached hydrogen (secondary N) is 1. The van der Waals surface area contributed by atoms with E-state index in [1.165, 1.54) is 22.8 Å². The third-order valence-corrected chi connectivity index (χ3v) is 5.84. The highest BCUT2D eigenvalue weighted by atomic mass is 19.1. The van der Waals surface area contributed by atoms with Crippen LogP contribution in [0.5, 0.6) is 0 Å². The minimum atomic E-state index is -0.416. The molecule has 0 radical (unpaired) electrons. The summed E-state index contributed by atoms with van der Waals surface area (Å²) in [5.41, 5.74) is 4.86. The van der Waals surface area contributed by atoms with Crippen molar-refractivity contribution in [2.45, 2.75) is 19.9 Å². The first-order valence-electron chi connectivity index (χ1n) is 10.7. The van der Waals surface area contributed by atoms with Crippen LogP contribution in [0.3, 0.4) is 0 Å². The molecular formula is C26H28FN3O. The number of amides is 2. The molecule has 1 saturated heterocycles. The van der Waals surface area contributed by atoms with Crippen LogP contribution >= 0.6 is 0 Å². The van der Waals surface area contributed by atoms with Crippen molar-refractivity contribution in [1.29, 1.82) is 0 Å². The summed E-state index contributed by atoms with van der Waals surface area (Å²) in [6.07, 6.45) is 0. The van der Waals surface area contributed by atoms with Gasteiger partial charge in [-0.3, -0.25) is 4.90 Å². The van der Waals surface area contributed by atoms with Crippen molar-refractivity contribution in [2.24, 2.45) is 0 Å². The van der Waals surface area contributed by atoms with E-state index in [9.17, 15) is 9.18 Å². The maximum Gasteiger partial charge on any atom is 0.322 e. The molecule has 1 N–H and O–H groups in total. The summed E-state index contributed by atoms with van der Waals surface area (Å²) in [5, 5.41) is 2.73. The number of carbonyl (C=O) groups excluding carboxylic acids is 1. The third kappa shape index (κ3) is 4.94. The summed E-state index contributed by atoms with van der Waals surface area (Å²) in [4.78, 5) is 16.9. The van der Waals surface area contributed by atoms with Crippen LogP contribution < -0.4 is 5.32 Å². The number of hydrogen-bond donors (Lipinski definition) is 1. The molecule has 0 spiro atoms. The molecule has 5 heteroatoms. The highest BCUT2D eigenvalue weighted by Gasteiger charge is 2.28. The summed E-state index contributed by atoms with van der Waals surface area (Å²) >= 11 is 0. The Morgan fingerprint density at radius 1 is 0.839 bits per heavy atom. The Labute approximate surface area is 183 Å². The zero-order valence-electron chi connectivity index (χ0n) is 18.0. The van der Waals surface area contributed by atoms with Crippen LogP contribution in [0, 0.1) is 19.7 Å². The molecule has 1 atom stereocenters. The predicted octanol–water partition coefficient (Wildman–Crippen LogP) is 5.38. The lowest BCUT2D eigenvalue weighted by Crippen LogP contribution is -2.51. The van der Waals surface area contributed by atoms with Crippen molar-refractivity contribution in [3.8, 4) is 0 Å². The molecule has 3 aromatic rings. The molecule has 1 fully saturated rings. The van der Waals surface area contributed by atoms with Crippen LogP contribution in [0.1, 0.15) is 28.3 Å². The molecule has 0 saturated carbocycles. The molecule has 4 nitrogen and oxygen atoms in total. The SMILES string of the molecule is Cc1ccc([C@@H](c2ccccc2)N2CCN(C(=O)Nc3cc(C)ccc3F)CC2)cc1. The first-order chi connectivity index (χ1) is 15.0. The average Bonchev–Trinajstić information content (AvgIpc) is 2.79. The Bertz CT molecular complexity index is 1030. The van der Waals surface area contributed by atoms with Gasteiger partial charge in [0.25, 0.3) is 0 Å². The molecule has 1 aliphatic heterocycles. The number of piperazine rings is 1. The number of hydrogen-bond acceptors (Lipinski definition) is 2. The number of benzene rings is 3. The summed E-state index contributed by atoms with van der Waals surface area (Å²) in [6, 6.07) is 23.8. The summed E-state index contributed by atoms with van der Waals surface area (Å²) in [5.74, 6) is -0.416. The molecule has 1 aliphatic rings. The summed E-state index contributed by atoms with van der Waals surface area (Å²) < 4.78 is 14.0. The molecule has 160 valence electrons. The number of rotatable bonds is 4. The van der Waals surface area contributed by atoms with Crippen molar-refractivity contribution in [3.63, 3.8) is 0 Å². The normalized spacial score (nSPS) is 15.5. The van der Waals surface area contributed by atoms with E-state index in [1.54, 1.807) is 17.0 Å². The third-order valence-electron chi connectivity index (χ3n) is 5.84. The minimum absolute atomic E-state index is 0.140. The molecule has 2 amide bonds. The molecule has 0 bridgehead atoms. The van der Waals surface area contributed by atoms with Gasteiger partial charge < -0.3 is 10.2 Å². The monoisotopic (exact) mass is 417 g/mol. The molecule has 0 unspecified atom stereocenters. The Balaban J connectivity index is 1.47. The maximum absolute atomic E-state index is 14.0. The zero-order chi connectivity index (χ0) is 21.8. The van der Waals surface area contributed by atoms with E-state index >= 15 is 0 Å². The van der Waals surface area contributed by atoms with Crippen molar-refractivity contribution in [1.82, 2.24) is 9.80 Å². The van der Waals surface area contributed by atoms with Crippen LogP contribution in [0.15, 0.2) is 72.8 Å². The standard InChI is InChI=1S/C26H28FN3O/c1-19-8-11-22(12-9-19)25(21-6-4-3-5-7-21)29-14-16-30(17-15-29)26(31)28-24-18-20(2)10-13-23(24)27/h3-13,18,25H,14-17H2,1-2H3,(H,28,31)/t25-/m1/s1. The van der Waals surface area contributed by atoms with E-state index in [0.717, 1.165) is 18.7 Å². The zero-order valence-corrected chi connectivity index (χ0v) is 18.0. The Kier molecular flexibility index (Phi) is 6.33. The van der Waals surface area contributed by atoms with E-state index < -0.39 is 5.82 Å². The Morgan fingerprint density at radius 3 is 2.13 bits per heavy atom. The largest absolute Gasteiger partial charge is 0.322 e. The highest BCUT2D eigenvalue weighted by molar-refractivity contribution is 5.89. The van der Waals surface area contributed by atoms with E-state index in [2.05, 4.69) is 65.7 Å². The van der Waals surface area contributed by atoms with Gasteiger partial charge in [0.2, 0.25) is 0 Å². The predicted molar refractivity (Wildman–Crippen MR) is 123 cm³/mol. The van der Waals surface area contributed by atoms with Crippen LogP contribution in [0.25, 0.3) is 0 Å². The second kappa shape index (κ2) is 9.31. The molecule has 31 heavy (non-hydrogen) atoms. The molecule has 0 aliphatic carbocycles. The Hall–Kier alpha value is -3.18. The van der Waals surface area contributed by atoms with Crippen molar-refractivity contribution in [3.05, 3.63) is 101 Å². The van der Waals surface area contributed by atoms with E-state index in [4.69, 9.17) is 0 Å². The van der Waals surface area contributed by atoms with Crippen LogP contribution in [-0.4, -0.2) is 42.0 Å². The molecule has 3 aromatic carbocycles. The van der Waals surface area contributed by atoms with Gasteiger partial charge in [0.05, 0.1) is 11.7 Å². The van der Waals surface area contributed by atoms with E-state index in [-0.39, 0.29) is 17.8 Å². The lowest BCUT2D eigenvalue weighted by atomic mass is 9.95. The van der Waals surface area contributed by atoms with Gasteiger partial charge in [-0.25, -0.2) is 9.18 Å². The van der Waals surface area contributed by atoms with E-state index in [0.29, 0.717) is 13.1 Å². The fraction of sp³-hybridized carbons (Fsp3) is 0.269. The fourth-order valence-corrected chi connectivity index (χ4v) is 4.11. The minimum Gasteiger partial charge on any atom is -0.322 e. The lowest BCUT2D eigenvalue weighted by molar-refractivity contribution is 0.126. The fourth-order valence-electron chi connectivity index (χ4n) is 4.11. The molecule has 4 rings (SSSR count). The average molecular weight is 418 g/mol. The van der Waals surface area contributed by atoms with Crippen molar-refractivity contribution >= 4 is 11.7 Å². The van der Waals surface area contributed by atoms with Gasteiger partial charge in [0.15, 0.2) is 0 Å². The summed E-state index contributed by atoms with van der Waals surface area (Å²) in [7, 11) is 0. The number of anilines is 1. The van der Waals surface area contributed by atoms with E-state index in [1.807, 2.05) is 13.0 Å². The molecule has 0 aromatic heterocycles. The van der Waals surface area contributed by atoms with Gasteiger partial charge in [-0.1, -0.05) is 66.2 Å². The second-order valence-corrected chi connectivity index (χ2v) is 8.16. The quantitative estimate of drug-likeness (QED) is 0.618. The second-order valence-electron chi connectivity index (χ2n) is 8.16. The first kappa shape index (κ1) is 21.1. The smallest absolute Gasteiger partial charge is 0.322 e.